The second-order valence-electron chi connectivity index (χ2n) is 4.80. The third-order valence-corrected chi connectivity index (χ3v) is 4.39. The molecule has 8 nitrogen and oxygen atoms in total. The molecule has 106 valence electrons. The monoisotopic (exact) mass is 295 g/mol. The van der Waals surface area contributed by atoms with Crippen molar-refractivity contribution in [1.29, 1.82) is 0 Å². The number of carbonyl (C=O) groups is 3. The Morgan fingerprint density at radius 2 is 2.35 bits per heavy atom. The maximum Gasteiger partial charge on any atom is 0.322 e. The van der Waals surface area contributed by atoms with Crippen molar-refractivity contribution in [1.82, 2.24) is 20.5 Å². The second kappa shape index (κ2) is 4.53. The predicted molar refractivity (Wildman–Crippen MR) is 69.9 cm³/mol. The van der Waals surface area contributed by atoms with E-state index in [1.54, 1.807) is 5.38 Å². The van der Waals surface area contributed by atoms with E-state index in [1.807, 2.05) is 0 Å². The number of imide groups is 1. The number of likely N-dealkylation sites (tertiary alicyclic amines) is 1. The Morgan fingerprint density at radius 1 is 1.55 bits per heavy atom. The molecule has 4 amide bonds. The Morgan fingerprint density at radius 3 is 2.95 bits per heavy atom. The Labute approximate surface area is 118 Å². The number of nitrogens with zero attached hydrogens (tertiary/aromatic N) is 2. The number of aromatic nitrogens is 1. The number of urea groups is 1. The zero-order chi connectivity index (χ0) is 14.3. The molecule has 2 aliphatic heterocycles. The molecule has 0 bridgehead atoms. The standard InChI is InChI=1S/C11H13N5O3S/c12-3-7-13-6(4-20-7)8(17)16-2-1-11(5-16)9(18)14-10(19)15-11/h4H,1-3,5,12H2,(H2,14,15,18,19). The first-order chi connectivity index (χ1) is 9.54. The summed E-state index contributed by atoms with van der Waals surface area (Å²) in [6.45, 7) is 0.862. The highest BCUT2D eigenvalue weighted by Gasteiger charge is 2.51. The quantitative estimate of drug-likeness (QED) is 0.607. The first kappa shape index (κ1) is 13.0. The summed E-state index contributed by atoms with van der Waals surface area (Å²) >= 11 is 1.33. The van der Waals surface area contributed by atoms with E-state index in [0.717, 1.165) is 0 Å². The summed E-state index contributed by atoms with van der Waals surface area (Å²) in [5.41, 5.74) is 4.81. The van der Waals surface area contributed by atoms with E-state index in [-0.39, 0.29) is 18.4 Å². The van der Waals surface area contributed by atoms with E-state index in [0.29, 0.717) is 30.2 Å². The van der Waals surface area contributed by atoms with Gasteiger partial charge < -0.3 is 16.0 Å². The number of nitrogens with two attached hydrogens (primary N) is 1. The van der Waals surface area contributed by atoms with E-state index in [9.17, 15) is 14.4 Å². The van der Waals surface area contributed by atoms with E-state index < -0.39 is 11.6 Å². The van der Waals surface area contributed by atoms with E-state index >= 15 is 0 Å². The predicted octanol–water partition coefficient (Wildman–Crippen LogP) is -0.974. The molecule has 1 atom stereocenters. The van der Waals surface area contributed by atoms with Crippen LogP contribution >= 0.6 is 11.3 Å². The highest BCUT2D eigenvalue weighted by Crippen LogP contribution is 2.26. The zero-order valence-corrected chi connectivity index (χ0v) is 11.3. The van der Waals surface area contributed by atoms with Gasteiger partial charge in [-0.15, -0.1) is 11.3 Å². The Kier molecular flexibility index (Phi) is 2.94. The summed E-state index contributed by atoms with van der Waals surface area (Å²) in [6.07, 6.45) is 0.407. The lowest BCUT2D eigenvalue weighted by molar-refractivity contribution is -0.123. The molecule has 0 aliphatic carbocycles. The number of rotatable bonds is 2. The Balaban J connectivity index is 1.75. The minimum atomic E-state index is -0.987. The molecule has 1 spiro atoms. The first-order valence-electron chi connectivity index (χ1n) is 6.11. The van der Waals surface area contributed by atoms with Crippen LogP contribution in [0.3, 0.4) is 0 Å². The van der Waals surface area contributed by atoms with Crippen molar-refractivity contribution in [3.63, 3.8) is 0 Å². The smallest absolute Gasteiger partial charge is 0.322 e. The molecular formula is C11H13N5O3S. The second-order valence-corrected chi connectivity index (χ2v) is 5.74. The first-order valence-corrected chi connectivity index (χ1v) is 6.99. The molecule has 2 saturated heterocycles. The van der Waals surface area contributed by atoms with Crippen LogP contribution in [0.25, 0.3) is 0 Å². The number of hydrogen-bond donors (Lipinski definition) is 3. The van der Waals surface area contributed by atoms with Gasteiger partial charge >= 0.3 is 6.03 Å². The Bertz CT molecular complexity index is 601. The molecule has 0 saturated carbocycles. The number of amides is 4. The van der Waals surface area contributed by atoms with Crippen LogP contribution in [-0.4, -0.2) is 46.4 Å². The molecular weight excluding hydrogens is 282 g/mol. The van der Waals surface area contributed by atoms with Gasteiger partial charge in [0.2, 0.25) is 0 Å². The van der Waals surface area contributed by atoms with Crippen LogP contribution < -0.4 is 16.4 Å². The largest absolute Gasteiger partial charge is 0.334 e. The summed E-state index contributed by atoms with van der Waals surface area (Å²) in [5, 5.41) is 7.15. The normalized spacial score (nSPS) is 25.1. The number of nitrogens with one attached hydrogen (secondary N) is 2. The SMILES string of the molecule is NCc1nc(C(=O)N2CCC3(C2)NC(=O)NC3=O)cs1. The lowest BCUT2D eigenvalue weighted by atomic mass is 10.00. The maximum absolute atomic E-state index is 12.3. The van der Waals surface area contributed by atoms with Crippen LogP contribution in [0.15, 0.2) is 5.38 Å². The van der Waals surface area contributed by atoms with Crippen LogP contribution in [-0.2, 0) is 11.3 Å². The van der Waals surface area contributed by atoms with E-state index in [4.69, 9.17) is 5.73 Å². The third-order valence-electron chi connectivity index (χ3n) is 3.52. The van der Waals surface area contributed by atoms with Gasteiger partial charge in [0.25, 0.3) is 11.8 Å². The summed E-state index contributed by atoms with van der Waals surface area (Å²) in [6, 6.07) is -0.511. The summed E-state index contributed by atoms with van der Waals surface area (Å²) in [4.78, 5) is 41.0. The van der Waals surface area contributed by atoms with Gasteiger partial charge in [-0.25, -0.2) is 9.78 Å². The fourth-order valence-corrected chi connectivity index (χ4v) is 3.11. The fourth-order valence-electron chi connectivity index (χ4n) is 2.46. The van der Waals surface area contributed by atoms with E-state index in [2.05, 4.69) is 15.6 Å². The molecule has 20 heavy (non-hydrogen) atoms. The molecule has 9 heteroatoms. The zero-order valence-electron chi connectivity index (χ0n) is 10.5. The minimum absolute atomic E-state index is 0.166. The van der Waals surface area contributed by atoms with Gasteiger partial charge in [0, 0.05) is 18.5 Å². The van der Waals surface area contributed by atoms with Crippen molar-refractivity contribution in [3.8, 4) is 0 Å². The van der Waals surface area contributed by atoms with Gasteiger partial charge in [-0.3, -0.25) is 14.9 Å². The average Bonchev–Trinajstić information content (AvgIpc) is 3.10. The van der Waals surface area contributed by atoms with Gasteiger partial charge in [-0.2, -0.15) is 0 Å². The topological polar surface area (TPSA) is 117 Å². The van der Waals surface area contributed by atoms with Crippen LogP contribution in [0, 0.1) is 0 Å². The summed E-state index contributed by atoms with van der Waals surface area (Å²) in [5.74, 6) is -0.620. The summed E-state index contributed by atoms with van der Waals surface area (Å²) in [7, 11) is 0. The molecule has 1 unspecified atom stereocenters. The molecule has 0 radical (unpaired) electrons. The molecule has 2 aliphatic rings. The fraction of sp³-hybridized carbons (Fsp3) is 0.455. The van der Waals surface area contributed by atoms with Crippen molar-refractivity contribution >= 4 is 29.2 Å². The van der Waals surface area contributed by atoms with Crippen molar-refractivity contribution in [3.05, 3.63) is 16.1 Å². The van der Waals surface area contributed by atoms with Crippen molar-refractivity contribution in [2.24, 2.45) is 5.73 Å². The number of carbonyl (C=O) groups excluding carboxylic acids is 3. The van der Waals surface area contributed by atoms with Crippen molar-refractivity contribution < 1.29 is 14.4 Å². The van der Waals surface area contributed by atoms with Crippen LogP contribution in [0.1, 0.15) is 21.9 Å². The molecule has 1 aromatic rings. The van der Waals surface area contributed by atoms with Gasteiger partial charge in [0.1, 0.15) is 16.2 Å². The maximum atomic E-state index is 12.3. The lowest BCUT2D eigenvalue weighted by Gasteiger charge is -2.20. The van der Waals surface area contributed by atoms with Crippen molar-refractivity contribution in [2.75, 3.05) is 13.1 Å². The van der Waals surface area contributed by atoms with Gasteiger partial charge in [0.05, 0.1) is 6.54 Å². The highest BCUT2D eigenvalue weighted by molar-refractivity contribution is 7.09. The molecule has 3 heterocycles. The van der Waals surface area contributed by atoms with Gasteiger partial charge in [-0.05, 0) is 6.42 Å². The molecule has 4 N–H and O–H groups in total. The van der Waals surface area contributed by atoms with Crippen molar-refractivity contribution in [2.45, 2.75) is 18.5 Å². The van der Waals surface area contributed by atoms with Crippen LogP contribution in [0.5, 0.6) is 0 Å². The third kappa shape index (κ3) is 1.95. The lowest BCUT2D eigenvalue weighted by Crippen LogP contribution is -2.49. The number of hydrogen-bond acceptors (Lipinski definition) is 6. The van der Waals surface area contributed by atoms with Gasteiger partial charge in [-0.1, -0.05) is 0 Å². The highest BCUT2D eigenvalue weighted by atomic mass is 32.1. The van der Waals surface area contributed by atoms with Crippen LogP contribution in [0.2, 0.25) is 0 Å². The van der Waals surface area contributed by atoms with Gasteiger partial charge in [0.15, 0.2) is 0 Å². The molecule has 2 fully saturated rings. The average molecular weight is 295 g/mol. The Hall–Kier alpha value is -2.00. The molecule has 1 aromatic heterocycles. The van der Waals surface area contributed by atoms with Crippen LogP contribution in [0.4, 0.5) is 4.79 Å². The molecule has 3 rings (SSSR count). The minimum Gasteiger partial charge on any atom is -0.334 e. The number of thiazole rings is 1. The summed E-state index contributed by atoms with van der Waals surface area (Å²) < 4.78 is 0. The van der Waals surface area contributed by atoms with E-state index in [1.165, 1.54) is 16.2 Å². The molecule has 0 aromatic carbocycles.